The number of ether oxygens (including phenoxy) is 5. The van der Waals surface area contributed by atoms with Crippen molar-refractivity contribution < 1.29 is 28.5 Å². The summed E-state index contributed by atoms with van der Waals surface area (Å²) in [5, 5.41) is 3.28. The number of methoxy groups -OCH3 is 4. The summed E-state index contributed by atoms with van der Waals surface area (Å²) in [6.07, 6.45) is 0.248. The third kappa shape index (κ3) is 4.91. The van der Waals surface area contributed by atoms with Crippen LogP contribution in [0.25, 0.3) is 0 Å². The molecule has 0 bridgehead atoms. The zero-order valence-corrected chi connectivity index (χ0v) is 21.6. The molecule has 1 aliphatic heterocycles. The second-order valence-corrected chi connectivity index (χ2v) is 9.24. The summed E-state index contributed by atoms with van der Waals surface area (Å²) in [5.41, 5.74) is 1.98. The van der Waals surface area contributed by atoms with Crippen LogP contribution in [0.2, 0.25) is 0 Å². The maximum Gasteiger partial charge on any atom is 0.230 e. The molecule has 0 saturated carbocycles. The minimum absolute atomic E-state index is 0.0765. The molecule has 0 aromatic heterocycles. The Morgan fingerprint density at radius 3 is 2.14 bits per heavy atom. The highest BCUT2D eigenvalue weighted by Crippen LogP contribution is 2.44. The quantitative estimate of drug-likeness (QED) is 0.456. The normalized spacial score (nSPS) is 16.8. The number of fused-ring (bicyclic) bond motifs is 1. The number of hydrogen-bond donors (Lipinski definition) is 1. The van der Waals surface area contributed by atoms with Gasteiger partial charge in [-0.15, -0.1) is 0 Å². The van der Waals surface area contributed by atoms with Gasteiger partial charge in [-0.25, -0.2) is 0 Å². The summed E-state index contributed by atoms with van der Waals surface area (Å²) in [5.74, 6) is 3.30. The van der Waals surface area contributed by atoms with E-state index < -0.39 is 5.41 Å². The fourth-order valence-electron chi connectivity index (χ4n) is 4.45. The zero-order valence-electron chi connectivity index (χ0n) is 21.6. The topological polar surface area (TPSA) is 75.3 Å². The van der Waals surface area contributed by atoms with Crippen LogP contribution >= 0.6 is 0 Å². The summed E-state index contributed by atoms with van der Waals surface area (Å²) in [4.78, 5) is 13.6. The fourth-order valence-corrected chi connectivity index (χ4v) is 4.45. The monoisotopic (exact) mass is 491 g/mol. The number of rotatable bonds is 8. The van der Waals surface area contributed by atoms with Crippen molar-refractivity contribution in [1.82, 2.24) is 5.32 Å². The zero-order chi connectivity index (χ0) is 25.9. The molecule has 0 aliphatic carbocycles. The van der Waals surface area contributed by atoms with Crippen LogP contribution in [0, 0.1) is 0 Å². The van der Waals surface area contributed by atoms with E-state index in [1.807, 2.05) is 74.5 Å². The SMILES string of the molecule is COc1ccc(C(C)(C)C(=O)NC2CC(c3ccc(OC)c(OC)c3)Oc3cc(OC)ccc32)cc1. The molecule has 2 unspecified atom stereocenters. The van der Waals surface area contributed by atoms with E-state index in [0.717, 1.165) is 22.4 Å². The molecular weight excluding hydrogens is 458 g/mol. The molecule has 7 nitrogen and oxygen atoms in total. The van der Waals surface area contributed by atoms with E-state index in [9.17, 15) is 4.79 Å². The average molecular weight is 492 g/mol. The van der Waals surface area contributed by atoms with E-state index in [4.69, 9.17) is 23.7 Å². The van der Waals surface area contributed by atoms with Gasteiger partial charge in [-0.3, -0.25) is 4.79 Å². The van der Waals surface area contributed by atoms with Crippen LogP contribution in [0.5, 0.6) is 28.7 Å². The van der Waals surface area contributed by atoms with Crippen molar-refractivity contribution in [2.45, 2.75) is 37.8 Å². The van der Waals surface area contributed by atoms with Gasteiger partial charge < -0.3 is 29.0 Å². The Labute approximate surface area is 212 Å². The number of nitrogens with one attached hydrogen (secondary N) is 1. The van der Waals surface area contributed by atoms with Crippen molar-refractivity contribution in [2.24, 2.45) is 0 Å². The Balaban J connectivity index is 1.65. The van der Waals surface area contributed by atoms with E-state index in [0.29, 0.717) is 29.4 Å². The number of amides is 1. The van der Waals surface area contributed by atoms with Gasteiger partial charge in [-0.05, 0) is 61.4 Å². The Hall–Kier alpha value is -3.87. The highest BCUT2D eigenvalue weighted by Gasteiger charge is 2.36. The van der Waals surface area contributed by atoms with Crippen LogP contribution in [0.1, 0.15) is 49.1 Å². The van der Waals surface area contributed by atoms with Crippen LogP contribution in [-0.2, 0) is 10.2 Å². The first-order chi connectivity index (χ1) is 17.3. The van der Waals surface area contributed by atoms with Gasteiger partial charge in [-0.1, -0.05) is 18.2 Å². The molecule has 1 N–H and O–H groups in total. The predicted octanol–water partition coefficient (Wildman–Crippen LogP) is 5.38. The number of carbonyl (C=O) groups is 1. The largest absolute Gasteiger partial charge is 0.497 e. The molecule has 1 aliphatic rings. The van der Waals surface area contributed by atoms with Crippen LogP contribution in [-0.4, -0.2) is 34.3 Å². The van der Waals surface area contributed by atoms with E-state index in [2.05, 4.69) is 5.32 Å². The standard InChI is InChI=1S/C29H33NO6/c1-29(2,19-8-10-20(32-3)11-9-19)28(31)30-23-17-25(18-7-14-24(34-5)27(15-18)35-6)36-26-16-21(33-4)12-13-22(23)26/h7-16,23,25H,17H2,1-6H3,(H,30,31). The van der Waals surface area contributed by atoms with Crippen molar-refractivity contribution in [3.63, 3.8) is 0 Å². The van der Waals surface area contributed by atoms with E-state index >= 15 is 0 Å². The van der Waals surface area contributed by atoms with Crippen molar-refractivity contribution in [2.75, 3.05) is 28.4 Å². The Bertz CT molecular complexity index is 1220. The van der Waals surface area contributed by atoms with E-state index in [-0.39, 0.29) is 18.1 Å². The molecule has 0 radical (unpaired) electrons. The first kappa shape index (κ1) is 25.2. The molecule has 3 aromatic rings. The second kappa shape index (κ2) is 10.4. The molecule has 0 fully saturated rings. The van der Waals surface area contributed by atoms with Crippen LogP contribution < -0.4 is 29.0 Å². The Morgan fingerprint density at radius 2 is 1.50 bits per heavy atom. The van der Waals surface area contributed by atoms with Crippen LogP contribution in [0.3, 0.4) is 0 Å². The molecule has 190 valence electrons. The lowest BCUT2D eigenvalue weighted by Gasteiger charge is -2.35. The summed E-state index contributed by atoms with van der Waals surface area (Å²) in [6.45, 7) is 3.84. The Morgan fingerprint density at radius 1 is 0.833 bits per heavy atom. The number of benzene rings is 3. The molecule has 0 saturated heterocycles. The van der Waals surface area contributed by atoms with Crippen molar-refractivity contribution >= 4 is 5.91 Å². The van der Waals surface area contributed by atoms with Gasteiger partial charge in [0.15, 0.2) is 11.5 Å². The fraction of sp³-hybridized carbons (Fsp3) is 0.345. The lowest BCUT2D eigenvalue weighted by Crippen LogP contribution is -2.43. The molecule has 4 rings (SSSR count). The van der Waals surface area contributed by atoms with Crippen molar-refractivity contribution in [1.29, 1.82) is 0 Å². The molecule has 36 heavy (non-hydrogen) atoms. The van der Waals surface area contributed by atoms with Gasteiger partial charge in [0.25, 0.3) is 0 Å². The van der Waals surface area contributed by atoms with Gasteiger partial charge in [-0.2, -0.15) is 0 Å². The summed E-state index contributed by atoms with van der Waals surface area (Å²) < 4.78 is 28.0. The van der Waals surface area contributed by atoms with Gasteiger partial charge in [0.05, 0.1) is 39.9 Å². The molecule has 3 aromatic carbocycles. The molecule has 1 amide bonds. The number of carbonyl (C=O) groups excluding carboxylic acids is 1. The summed E-state index contributed by atoms with van der Waals surface area (Å²) >= 11 is 0. The first-order valence-electron chi connectivity index (χ1n) is 11.8. The molecule has 7 heteroatoms. The minimum Gasteiger partial charge on any atom is -0.497 e. The van der Waals surface area contributed by atoms with Gasteiger partial charge in [0, 0.05) is 18.1 Å². The van der Waals surface area contributed by atoms with Crippen LogP contribution in [0.15, 0.2) is 60.7 Å². The molecule has 0 spiro atoms. The van der Waals surface area contributed by atoms with Gasteiger partial charge in [0.2, 0.25) is 5.91 Å². The van der Waals surface area contributed by atoms with Crippen molar-refractivity contribution in [3.05, 3.63) is 77.4 Å². The highest BCUT2D eigenvalue weighted by molar-refractivity contribution is 5.87. The summed E-state index contributed by atoms with van der Waals surface area (Å²) in [7, 11) is 6.45. The predicted molar refractivity (Wildman–Crippen MR) is 137 cm³/mol. The third-order valence-electron chi connectivity index (χ3n) is 6.78. The molecular formula is C29H33NO6. The molecule has 1 heterocycles. The minimum atomic E-state index is -0.754. The van der Waals surface area contributed by atoms with E-state index in [1.54, 1.807) is 28.4 Å². The van der Waals surface area contributed by atoms with Crippen molar-refractivity contribution in [3.8, 4) is 28.7 Å². The third-order valence-corrected chi connectivity index (χ3v) is 6.78. The molecule has 2 atom stereocenters. The first-order valence-corrected chi connectivity index (χ1v) is 11.8. The maximum absolute atomic E-state index is 13.6. The lowest BCUT2D eigenvalue weighted by molar-refractivity contribution is -0.126. The second-order valence-electron chi connectivity index (χ2n) is 9.24. The Kier molecular flexibility index (Phi) is 7.29. The number of hydrogen-bond acceptors (Lipinski definition) is 6. The maximum atomic E-state index is 13.6. The van der Waals surface area contributed by atoms with Crippen LogP contribution in [0.4, 0.5) is 0 Å². The van der Waals surface area contributed by atoms with Gasteiger partial charge in [0.1, 0.15) is 23.4 Å². The lowest BCUT2D eigenvalue weighted by atomic mass is 9.82. The smallest absolute Gasteiger partial charge is 0.230 e. The van der Waals surface area contributed by atoms with Gasteiger partial charge >= 0.3 is 0 Å². The summed E-state index contributed by atoms with van der Waals surface area (Å²) in [6, 6.07) is 18.7. The van der Waals surface area contributed by atoms with E-state index in [1.165, 1.54) is 0 Å². The average Bonchev–Trinajstić information content (AvgIpc) is 2.91. The highest BCUT2D eigenvalue weighted by atomic mass is 16.5.